The molecule has 0 saturated carbocycles. The molecule has 0 aliphatic heterocycles. The molecule has 1 unspecified atom stereocenters. The average Bonchev–Trinajstić information content (AvgIpc) is 3.27. The highest BCUT2D eigenvalue weighted by atomic mass is 35.5. The van der Waals surface area contributed by atoms with Crippen LogP contribution in [0.5, 0.6) is 0 Å². The van der Waals surface area contributed by atoms with Crippen molar-refractivity contribution in [3.63, 3.8) is 0 Å². The van der Waals surface area contributed by atoms with E-state index in [-0.39, 0.29) is 6.04 Å². The predicted molar refractivity (Wildman–Crippen MR) is 131 cm³/mol. The second-order valence-electron chi connectivity index (χ2n) is 7.84. The van der Waals surface area contributed by atoms with Gasteiger partial charge < -0.3 is 15.2 Å². The van der Waals surface area contributed by atoms with Gasteiger partial charge in [0.2, 0.25) is 0 Å². The molecule has 3 aromatic rings. The summed E-state index contributed by atoms with van der Waals surface area (Å²) in [6, 6.07) is 11.1. The van der Waals surface area contributed by atoms with Gasteiger partial charge in [0.05, 0.1) is 28.6 Å². The Labute approximate surface area is 190 Å². The molecule has 0 fully saturated rings. The first-order chi connectivity index (χ1) is 14.9. The minimum Gasteiger partial charge on any atom is -0.377 e. The lowest BCUT2D eigenvalue weighted by Crippen LogP contribution is -2.19. The van der Waals surface area contributed by atoms with Gasteiger partial charge in [-0.3, -0.25) is 0 Å². The summed E-state index contributed by atoms with van der Waals surface area (Å²) in [5, 5.41) is 7.57. The molecule has 2 aromatic heterocycles. The van der Waals surface area contributed by atoms with Crippen molar-refractivity contribution in [1.82, 2.24) is 19.9 Å². The molecule has 2 N–H and O–H groups in total. The van der Waals surface area contributed by atoms with E-state index in [2.05, 4.69) is 79.1 Å². The molecule has 5 nitrogen and oxygen atoms in total. The molecular weight excluding hydrogens is 406 g/mol. The number of aryl methyl sites for hydroxylation is 1. The largest absolute Gasteiger partial charge is 0.377 e. The molecule has 0 radical (unpaired) electrons. The van der Waals surface area contributed by atoms with Crippen LogP contribution in [0.3, 0.4) is 0 Å². The number of rotatable bonds is 10. The number of nitrogens with one attached hydrogen (secondary N) is 2. The van der Waals surface area contributed by atoms with Gasteiger partial charge in [-0.1, -0.05) is 68.8 Å². The number of nitrogens with zero attached hydrogens (tertiary/aromatic N) is 3. The first-order valence-electron chi connectivity index (χ1n) is 10.9. The summed E-state index contributed by atoms with van der Waals surface area (Å²) < 4.78 is 1.91. The molecule has 1 atom stereocenters. The summed E-state index contributed by atoms with van der Waals surface area (Å²) in [5.41, 5.74) is 4.90. The van der Waals surface area contributed by atoms with E-state index in [1.807, 2.05) is 16.8 Å². The number of pyridine rings is 1. The summed E-state index contributed by atoms with van der Waals surface area (Å²) in [6.45, 7) is 12.8. The minimum atomic E-state index is 0.179. The average molecular weight is 438 g/mol. The number of hydrogen-bond acceptors (Lipinski definition) is 4. The molecule has 3 rings (SSSR count). The second-order valence-corrected chi connectivity index (χ2v) is 8.25. The first-order valence-corrected chi connectivity index (χ1v) is 11.3. The first kappa shape index (κ1) is 22.9. The lowest BCUT2D eigenvalue weighted by Gasteiger charge is -2.20. The number of anilines is 1. The third kappa shape index (κ3) is 5.67. The van der Waals surface area contributed by atoms with E-state index < -0.39 is 0 Å². The molecule has 164 valence electrons. The van der Waals surface area contributed by atoms with Gasteiger partial charge in [0.15, 0.2) is 0 Å². The summed E-state index contributed by atoms with van der Waals surface area (Å²) in [4.78, 5) is 8.98. The normalized spacial score (nSPS) is 12.1. The van der Waals surface area contributed by atoms with Crippen molar-refractivity contribution in [2.45, 2.75) is 59.0 Å². The van der Waals surface area contributed by atoms with Gasteiger partial charge in [-0.15, -0.1) is 0 Å². The van der Waals surface area contributed by atoms with Gasteiger partial charge in [0, 0.05) is 18.3 Å². The summed E-state index contributed by atoms with van der Waals surface area (Å²) >= 11 is 6.45. The maximum atomic E-state index is 6.45. The van der Waals surface area contributed by atoms with Gasteiger partial charge >= 0.3 is 0 Å². The van der Waals surface area contributed by atoms with Crippen molar-refractivity contribution in [2.24, 2.45) is 0 Å². The van der Waals surface area contributed by atoms with E-state index in [9.17, 15) is 0 Å². The number of hydrogen-bond donors (Lipinski definition) is 2. The number of benzene rings is 1. The van der Waals surface area contributed by atoms with E-state index >= 15 is 0 Å². The van der Waals surface area contributed by atoms with Gasteiger partial charge in [-0.2, -0.15) is 0 Å². The third-order valence-electron chi connectivity index (χ3n) is 5.54. The molecule has 0 aliphatic carbocycles. The van der Waals surface area contributed by atoms with Gasteiger partial charge in [-0.25, -0.2) is 9.97 Å². The van der Waals surface area contributed by atoms with Crippen LogP contribution in [0.25, 0.3) is 11.4 Å². The molecular formula is C25H32ClN5. The fraction of sp³-hybridized carbons (Fsp3) is 0.360. The van der Waals surface area contributed by atoms with Gasteiger partial charge in [0.1, 0.15) is 17.8 Å². The zero-order valence-electron chi connectivity index (χ0n) is 18.8. The minimum absolute atomic E-state index is 0.179. The Morgan fingerprint density at radius 2 is 1.90 bits per heavy atom. The van der Waals surface area contributed by atoms with E-state index in [1.54, 1.807) is 12.5 Å². The zero-order valence-corrected chi connectivity index (χ0v) is 19.6. The zero-order chi connectivity index (χ0) is 22.4. The number of imidazole rings is 1. The van der Waals surface area contributed by atoms with E-state index in [1.165, 1.54) is 11.1 Å². The van der Waals surface area contributed by atoms with Gasteiger partial charge in [0.25, 0.3) is 0 Å². The molecule has 1 aromatic carbocycles. The topological polar surface area (TPSA) is 54.8 Å². The molecule has 6 heteroatoms. The molecule has 0 bridgehead atoms. The van der Waals surface area contributed by atoms with Crippen molar-refractivity contribution in [2.75, 3.05) is 5.32 Å². The van der Waals surface area contributed by atoms with Crippen LogP contribution in [0.1, 0.15) is 62.9 Å². The van der Waals surface area contributed by atoms with Crippen LogP contribution in [-0.4, -0.2) is 20.6 Å². The maximum absolute atomic E-state index is 6.45. The Morgan fingerprint density at radius 3 is 2.58 bits per heavy atom. The van der Waals surface area contributed by atoms with Crippen LogP contribution in [0.2, 0.25) is 5.02 Å². The van der Waals surface area contributed by atoms with Crippen molar-refractivity contribution in [3.05, 3.63) is 77.5 Å². The quantitative estimate of drug-likeness (QED) is 0.378. The summed E-state index contributed by atoms with van der Waals surface area (Å²) in [6.07, 6.45) is 8.41. The van der Waals surface area contributed by atoms with Crippen molar-refractivity contribution in [3.8, 4) is 5.69 Å². The van der Waals surface area contributed by atoms with E-state index in [0.29, 0.717) is 11.1 Å². The lowest BCUT2D eigenvalue weighted by molar-refractivity contribution is 0.613. The Morgan fingerprint density at radius 1 is 1.13 bits per heavy atom. The SMILES string of the molecule is C=C(NC(CC)c1cccc(C)c1)c1cn(-c2cc(NC(CC)CC)ncc2Cl)cn1. The highest BCUT2D eigenvalue weighted by Crippen LogP contribution is 2.25. The number of halogens is 1. The van der Waals surface area contributed by atoms with Crippen LogP contribution in [0, 0.1) is 6.92 Å². The van der Waals surface area contributed by atoms with E-state index in [0.717, 1.165) is 42.2 Å². The highest BCUT2D eigenvalue weighted by Gasteiger charge is 2.14. The van der Waals surface area contributed by atoms with Crippen molar-refractivity contribution < 1.29 is 0 Å². The fourth-order valence-electron chi connectivity index (χ4n) is 3.61. The third-order valence-corrected chi connectivity index (χ3v) is 5.84. The Kier molecular flexibility index (Phi) is 7.75. The Hall–Kier alpha value is -2.79. The Bertz CT molecular complexity index is 1020. The van der Waals surface area contributed by atoms with E-state index in [4.69, 9.17) is 11.6 Å². The van der Waals surface area contributed by atoms with Crippen LogP contribution in [0.15, 0.2) is 55.6 Å². The lowest BCUT2D eigenvalue weighted by atomic mass is 10.0. The molecule has 0 spiro atoms. The predicted octanol–water partition coefficient (Wildman–Crippen LogP) is 6.54. The monoisotopic (exact) mass is 437 g/mol. The van der Waals surface area contributed by atoms with Gasteiger partial charge in [-0.05, 0) is 31.7 Å². The number of aromatic nitrogens is 3. The van der Waals surface area contributed by atoms with Crippen LogP contribution in [0.4, 0.5) is 5.82 Å². The standard InChI is InChI=1S/C25H32ClN5/c1-6-20(7-2)30-25-13-24(21(26)14-27-25)31-15-23(28-16-31)18(5)29-22(8-3)19-11-9-10-17(4)12-19/h9-16,20,22,29H,5-8H2,1-4H3,(H,27,30). The maximum Gasteiger partial charge on any atom is 0.128 e. The van der Waals surface area contributed by atoms with Crippen LogP contribution in [-0.2, 0) is 0 Å². The van der Waals surface area contributed by atoms with Crippen molar-refractivity contribution in [1.29, 1.82) is 0 Å². The molecule has 0 amide bonds. The fourth-order valence-corrected chi connectivity index (χ4v) is 3.81. The molecule has 0 saturated heterocycles. The Balaban J connectivity index is 1.78. The molecule has 31 heavy (non-hydrogen) atoms. The van der Waals surface area contributed by atoms with Crippen molar-refractivity contribution >= 4 is 23.1 Å². The summed E-state index contributed by atoms with van der Waals surface area (Å²) in [5.74, 6) is 0.811. The summed E-state index contributed by atoms with van der Waals surface area (Å²) in [7, 11) is 0. The molecule has 0 aliphatic rings. The smallest absolute Gasteiger partial charge is 0.128 e. The highest BCUT2D eigenvalue weighted by molar-refractivity contribution is 6.32. The van der Waals surface area contributed by atoms with Crippen LogP contribution < -0.4 is 10.6 Å². The second kappa shape index (κ2) is 10.5. The van der Waals surface area contributed by atoms with Crippen LogP contribution >= 0.6 is 11.6 Å². The molecule has 2 heterocycles.